The van der Waals surface area contributed by atoms with Crippen molar-refractivity contribution in [3.8, 4) is 0 Å². The Morgan fingerprint density at radius 2 is 2.06 bits per heavy atom. The van der Waals surface area contributed by atoms with Crippen LogP contribution in [0, 0.1) is 0 Å². The summed E-state index contributed by atoms with van der Waals surface area (Å²) in [4.78, 5) is 0. The zero-order valence-corrected chi connectivity index (χ0v) is 10.1. The second-order valence-corrected chi connectivity index (χ2v) is 4.55. The van der Waals surface area contributed by atoms with Gasteiger partial charge in [0.05, 0.1) is 6.04 Å². The molecule has 1 nitrogen and oxygen atoms in total. The summed E-state index contributed by atoms with van der Waals surface area (Å²) in [6.07, 6.45) is 8.42. The fourth-order valence-corrected chi connectivity index (χ4v) is 2.50. The summed E-state index contributed by atoms with van der Waals surface area (Å²) in [5, 5.41) is 0. The lowest BCUT2D eigenvalue weighted by Gasteiger charge is -2.22. The van der Waals surface area contributed by atoms with Crippen LogP contribution in [-0.2, 0) is 6.42 Å². The van der Waals surface area contributed by atoms with Crippen LogP contribution in [0.25, 0.3) is 0 Å². The minimum absolute atomic E-state index is 0.122. The van der Waals surface area contributed by atoms with Crippen molar-refractivity contribution < 1.29 is 0 Å². The van der Waals surface area contributed by atoms with Crippen LogP contribution in [0.15, 0.2) is 35.9 Å². The van der Waals surface area contributed by atoms with Crippen molar-refractivity contribution in [1.82, 2.24) is 0 Å². The van der Waals surface area contributed by atoms with Crippen molar-refractivity contribution in [2.75, 3.05) is 0 Å². The van der Waals surface area contributed by atoms with E-state index in [1.54, 1.807) is 0 Å². The quantitative estimate of drug-likeness (QED) is 0.763. The van der Waals surface area contributed by atoms with Crippen LogP contribution < -0.4 is 5.73 Å². The van der Waals surface area contributed by atoms with Gasteiger partial charge in [-0.2, -0.15) is 0 Å². The molecule has 0 spiro atoms. The zero-order chi connectivity index (χ0) is 11.4. The largest absolute Gasteiger partial charge is 0.321 e. The van der Waals surface area contributed by atoms with Gasteiger partial charge in [0.15, 0.2) is 0 Å². The minimum atomic E-state index is 0.122. The normalized spacial score (nSPS) is 18.0. The average molecular weight is 215 g/mol. The molecule has 0 fully saturated rings. The second-order valence-electron chi connectivity index (χ2n) is 4.55. The Morgan fingerprint density at radius 1 is 1.25 bits per heavy atom. The standard InChI is InChI=1S/C15H21N/c1-2-12-8-6-7-11-14(12)15(16)13-9-4-3-5-10-13/h6-9,11,15H,2-5,10,16H2,1H3. The molecule has 0 radical (unpaired) electrons. The number of nitrogens with two attached hydrogens (primary N) is 1. The molecule has 0 amide bonds. The van der Waals surface area contributed by atoms with E-state index in [0.29, 0.717) is 0 Å². The first-order valence-corrected chi connectivity index (χ1v) is 6.35. The summed E-state index contributed by atoms with van der Waals surface area (Å²) in [5.41, 5.74) is 10.5. The molecular weight excluding hydrogens is 194 g/mol. The molecule has 1 unspecified atom stereocenters. The van der Waals surface area contributed by atoms with E-state index in [1.807, 2.05) is 0 Å². The molecule has 0 aliphatic heterocycles. The van der Waals surface area contributed by atoms with E-state index in [4.69, 9.17) is 5.73 Å². The molecule has 0 bridgehead atoms. The van der Waals surface area contributed by atoms with Gasteiger partial charge in [0.1, 0.15) is 0 Å². The SMILES string of the molecule is CCc1ccccc1C(N)C1=CCCCC1. The maximum Gasteiger partial charge on any atom is 0.0513 e. The highest BCUT2D eigenvalue weighted by Crippen LogP contribution is 2.29. The van der Waals surface area contributed by atoms with Crippen molar-refractivity contribution >= 4 is 0 Å². The Bertz CT molecular complexity index is 379. The van der Waals surface area contributed by atoms with Gasteiger partial charge in [0.25, 0.3) is 0 Å². The van der Waals surface area contributed by atoms with Crippen LogP contribution in [-0.4, -0.2) is 0 Å². The molecule has 1 atom stereocenters. The summed E-state index contributed by atoms with van der Waals surface area (Å²) >= 11 is 0. The zero-order valence-electron chi connectivity index (χ0n) is 10.1. The van der Waals surface area contributed by atoms with Crippen LogP contribution in [0.3, 0.4) is 0 Å². The third kappa shape index (κ3) is 2.35. The fourth-order valence-electron chi connectivity index (χ4n) is 2.50. The molecule has 1 aromatic carbocycles. The highest BCUT2D eigenvalue weighted by atomic mass is 14.6. The van der Waals surface area contributed by atoms with Gasteiger partial charge in [-0.3, -0.25) is 0 Å². The van der Waals surface area contributed by atoms with Crippen molar-refractivity contribution in [2.45, 2.75) is 45.1 Å². The Kier molecular flexibility index (Phi) is 3.79. The van der Waals surface area contributed by atoms with E-state index in [2.05, 4.69) is 37.3 Å². The molecule has 1 aliphatic carbocycles. The number of benzene rings is 1. The predicted octanol–water partition coefficient (Wildman–Crippen LogP) is 3.75. The van der Waals surface area contributed by atoms with Gasteiger partial charge >= 0.3 is 0 Å². The minimum Gasteiger partial charge on any atom is -0.321 e. The Hall–Kier alpha value is -1.08. The Morgan fingerprint density at radius 3 is 2.75 bits per heavy atom. The average Bonchev–Trinajstić information content (AvgIpc) is 2.39. The first kappa shape index (κ1) is 11.4. The first-order chi connectivity index (χ1) is 7.83. The van der Waals surface area contributed by atoms with Gasteiger partial charge in [-0.15, -0.1) is 0 Å². The van der Waals surface area contributed by atoms with E-state index in [1.165, 1.54) is 42.4 Å². The smallest absolute Gasteiger partial charge is 0.0513 e. The summed E-state index contributed by atoms with van der Waals surface area (Å²) in [5.74, 6) is 0. The van der Waals surface area contributed by atoms with Crippen molar-refractivity contribution in [3.05, 3.63) is 47.0 Å². The van der Waals surface area contributed by atoms with Gasteiger partial charge in [-0.25, -0.2) is 0 Å². The number of rotatable bonds is 3. The summed E-state index contributed by atoms with van der Waals surface area (Å²) in [7, 11) is 0. The van der Waals surface area contributed by atoms with E-state index in [-0.39, 0.29) is 6.04 Å². The van der Waals surface area contributed by atoms with Crippen molar-refractivity contribution in [2.24, 2.45) is 5.73 Å². The van der Waals surface area contributed by atoms with Crippen molar-refractivity contribution in [1.29, 1.82) is 0 Å². The number of hydrogen-bond acceptors (Lipinski definition) is 1. The lowest BCUT2D eigenvalue weighted by molar-refractivity contribution is 0.646. The van der Waals surface area contributed by atoms with E-state index >= 15 is 0 Å². The summed E-state index contributed by atoms with van der Waals surface area (Å²) in [6, 6.07) is 8.69. The first-order valence-electron chi connectivity index (χ1n) is 6.35. The van der Waals surface area contributed by atoms with Gasteiger partial charge in [0, 0.05) is 0 Å². The van der Waals surface area contributed by atoms with E-state index < -0.39 is 0 Å². The lowest BCUT2D eigenvalue weighted by Crippen LogP contribution is -2.16. The molecule has 0 aromatic heterocycles. The Balaban J connectivity index is 2.25. The number of hydrogen-bond donors (Lipinski definition) is 1. The van der Waals surface area contributed by atoms with E-state index in [0.717, 1.165) is 6.42 Å². The van der Waals surface area contributed by atoms with Crippen LogP contribution in [0.5, 0.6) is 0 Å². The molecule has 1 aromatic rings. The highest BCUT2D eigenvalue weighted by Gasteiger charge is 2.15. The molecule has 2 rings (SSSR count). The number of allylic oxidation sites excluding steroid dienone is 1. The van der Waals surface area contributed by atoms with E-state index in [9.17, 15) is 0 Å². The van der Waals surface area contributed by atoms with Gasteiger partial charge in [-0.05, 0) is 43.2 Å². The Labute approximate surface area is 98.4 Å². The second kappa shape index (κ2) is 5.31. The predicted molar refractivity (Wildman–Crippen MR) is 69.3 cm³/mol. The molecule has 1 heteroatoms. The molecule has 0 saturated heterocycles. The fraction of sp³-hybridized carbons (Fsp3) is 0.467. The third-order valence-corrected chi connectivity index (χ3v) is 3.50. The summed E-state index contributed by atoms with van der Waals surface area (Å²) in [6.45, 7) is 2.20. The van der Waals surface area contributed by atoms with Crippen molar-refractivity contribution in [3.63, 3.8) is 0 Å². The topological polar surface area (TPSA) is 26.0 Å². The van der Waals surface area contributed by atoms with Crippen LogP contribution in [0.2, 0.25) is 0 Å². The molecule has 16 heavy (non-hydrogen) atoms. The maximum absolute atomic E-state index is 6.38. The van der Waals surface area contributed by atoms with Crippen LogP contribution in [0.1, 0.15) is 49.8 Å². The number of aryl methyl sites for hydroxylation is 1. The van der Waals surface area contributed by atoms with Crippen LogP contribution >= 0.6 is 0 Å². The lowest BCUT2D eigenvalue weighted by atomic mass is 9.88. The third-order valence-electron chi connectivity index (χ3n) is 3.50. The summed E-state index contributed by atoms with van der Waals surface area (Å²) < 4.78 is 0. The molecule has 0 heterocycles. The molecule has 0 saturated carbocycles. The molecule has 2 N–H and O–H groups in total. The maximum atomic E-state index is 6.38. The molecule has 1 aliphatic rings. The molecular formula is C15H21N. The van der Waals surface area contributed by atoms with Gasteiger partial charge in [0.2, 0.25) is 0 Å². The van der Waals surface area contributed by atoms with Gasteiger partial charge < -0.3 is 5.73 Å². The highest BCUT2D eigenvalue weighted by molar-refractivity contribution is 5.35. The molecule has 86 valence electrons. The van der Waals surface area contributed by atoms with Gasteiger partial charge in [-0.1, -0.05) is 42.8 Å². The van der Waals surface area contributed by atoms with Crippen LogP contribution in [0.4, 0.5) is 0 Å². The monoisotopic (exact) mass is 215 g/mol.